The fourth-order valence-corrected chi connectivity index (χ4v) is 2.52. The zero-order valence-corrected chi connectivity index (χ0v) is 13.7. The van der Waals surface area contributed by atoms with E-state index in [1.807, 2.05) is 24.3 Å². The van der Waals surface area contributed by atoms with Crippen molar-refractivity contribution in [1.82, 2.24) is 4.90 Å². The molecule has 1 heterocycles. The fourth-order valence-electron chi connectivity index (χ4n) is 2.52. The molecule has 0 fully saturated rings. The second-order valence-electron chi connectivity index (χ2n) is 5.74. The minimum Gasteiger partial charge on any atom is -0.497 e. The van der Waals surface area contributed by atoms with E-state index < -0.39 is 0 Å². The third-order valence-corrected chi connectivity index (χ3v) is 3.81. The van der Waals surface area contributed by atoms with Crippen molar-refractivity contribution in [2.24, 2.45) is 5.92 Å². The number of carbonyl (C=O) groups is 1. The number of benzene rings is 1. The second-order valence-corrected chi connectivity index (χ2v) is 5.74. The number of allylic oxidation sites excluding steroid dienone is 1. The molecular formula is C18H25NO3. The lowest BCUT2D eigenvalue weighted by molar-refractivity contribution is 0.113. The van der Waals surface area contributed by atoms with Gasteiger partial charge in [0, 0.05) is 12.1 Å². The lowest BCUT2D eigenvalue weighted by Gasteiger charge is -2.31. The third-order valence-electron chi connectivity index (χ3n) is 3.81. The van der Waals surface area contributed by atoms with Crippen molar-refractivity contribution in [1.29, 1.82) is 0 Å². The molecular weight excluding hydrogens is 278 g/mol. The Bertz CT molecular complexity index is 539. The summed E-state index contributed by atoms with van der Waals surface area (Å²) in [6.07, 6.45) is 4.74. The second kappa shape index (κ2) is 7.87. The number of unbranched alkanes of at least 4 members (excludes halogenated alkanes) is 1. The number of hydrogen-bond acceptors (Lipinski definition) is 3. The molecule has 0 saturated carbocycles. The Labute approximate surface area is 132 Å². The van der Waals surface area contributed by atoms with E-state index in [0.29, 0.717) is 19.1 Å². The summed E-state index contributed by atoms with van der Waals surface area (Å²) in [5, 5.41) is 0. The Morgan fingerprint density at radius 1 is 1.41 bits per heavy atom. The van der Waals surface area contributed by atoms with Crippen LogP contribution in [0.15, 0.2) is 30.3 Å². The number of carbonyl (C=O) groups excluding carboxylic acids is 1. The fraction of sp³-hybridized carbons (Fsp3) is 0.500. The highest BCUT2D eigenvalue weighted by molar-refractivity contribution is 5.83. The third kappa shape index (κ3) is 4.03. The lowest BCUT2D eigenvalue weighted by atomic mass is 9.98. The predicted molar refractivity (Wildman–Crippen MR) is 87.7 cm³/mol. The van der Waals surface area contributed by atoms with Gasteiger partial charge in [0.05, 0.1) is 19.4 Å². The first-order chi connectivity index (χ1) is 10.7. The van der Waals surface area contributed by atoms with Crippen LogP contribution < -0.4 is 4.74 Å². The lowest BCUT2D eigenvalue weighted by Crippen LogP contribution is -2.36. The molecule has 1 aliphatic rings. The maximum atomic E-state index is 12.4. The van der Waals surface area contributed by atoms with Crippen LogP contribution in [0.25, 0.3) is 5.70 Å². The Kier molecular flexibility index (Phi) is 5.87. The van der Waals surface area contributed by atoms with Gasteiger partial charge in [-0.3, -0.25) is 4.90 Å². The minimum absolute atomic E-state index is 0.255. The van der Waals surface area contributed by atoms with Gasteiger partial charge in [-0.2, -0.15) is 0 Å². The summed E-state index contributed by atoms with van der Waals surface area (Å²) < 4.78 is 10.7. The van der Waals surface area contributed by atoms with Crippen molar-refractivity contribution >= 4 is 11.8 Å². The van der Waals surface area contributed by atoms with Crippen LogP contribution in [-0.2, 0) is 4.74 Å². The maximum Gasteiger partial charge on any atom is 0.414 e. The van der Waals surface area contributed by atoms with E-state index in [2.05, 4.69) is 19.9 Å². The summed E-state index contributed by atoms with van der Waals surface area (Å²) in [6, 6.07) is 7.79. The molecule has 120 valence electrons. The molecule has 0 saturated heterocycles. The van der Waals surface area contributed by atoms with Gasteiger partial charge in [0.1, 0.15) is 5.75 Å². The van der Waals surface area contributed by atoms with E-state index in [1.54, 1.807) is 12.0 Å². The number of hydrogen-bond donors (Lipinski definition) is 0. The topological polar surface area (TPSA) is 38.8 Å². The molecule has 1 unspecified atom stereocenters. The summed E-state index contributed by atoms with van der Waals surface area (Å²) in [7, 11) is 1.65. The molecule has 0 bridgehead atoms. The largest absolute Gasteiger partial charge is 0.497 e. The molecule has 1 amide bonds. The summed E-state index contributed by atoms with van der Waals surface area (Å²) in [6.45, 7) is 5.39. The number of rotatable bonds is 5. The summed E-state index contributed by atoms with van der Waals surface area (Å²) >= 11 is 0. The highest BCUT2D eigenvalue weighted by atomic mass is 16.6. The Morgan fingerprint density at radius 2 is 2.23 bits per heavy atom. The van der Waals surface area contributed by atoms with E-state index in [9.17, 15) is 4.79 Å². The van der Waals surface area contributed by atoms with Crippen molar-refractivity contribution in [3.05, 3.63) is 35.9 Å². The van der Waals surface area contributed by atoms with E-state index in [4.69, 9.17) is 9.47 Å². The van der Waals surface area contributed by atoms with Gasteiger partial charge in [0.25, 0.3) is 0 Å². The predicted octanol–water partition coefficient (Wildman–Crippen LogP) is 4.31. The average Bonchev–Trinajstić information content (AvgIpc) is 2.55. The van der Waals surface area contributed by atoms with Crippen LogP contribution in [0.1, 0.15) is 38.7 Å². The Morgan fingerprint density at radius 3 is 2.95 bits per heavy atom. The molecule has 1 aliphatic heterocycles. The first-order valence-corrected chi connectivity index (χ1v) is 7.94. The average molecular weight is 303 g/mol. The van der Waals surface area contributed by atoms with Crippen molar-refractivity contribution in [2.75, 3.05) is 20.3 Å². The summed E-state index contributed by atoms with van der Waals surface area (Å²) in [4.78, 5) is 14.1. The number of methoxy groups -OCH3 is 1. The van der Waals surface area contributed by atoms with E-state index in [1.165, 1.54) is 0 Å². The van der Waals surface area contributed by atoms with Gasteiger partial charge in [-0.05, 0) is 30.9 Å². The van der Waals surface area contributed by atoms with Gasteiger partial charge in [-0.1, -0.05) is 38.5 Å². The molecule has 0 spiro atoms. The van der Waals surface area contributed by atoms with E-state index in [-0.39, 0.29) is 6.09 Å². The minimum atomic E-state index is -0.255. The zero-order valence-electron chi connectivity index (χ0n) is 13.7. The zero-order chi connectivity index (χ0) is 15.9. The number of nitrogens with zero attached hydrogens (tertiary/aromatic N) is 1. The van der Waals surface area contributed by atoms with Gasteiger partial charge in [0.2, 0.25) is 0 Å². The number of amides is 1. The van der Waals surface area contributed by atoms with E-state index >= 15 is 0 Å². The number of ether oxygens (including phenoxy) is 2. The van der Waals surface area contributed by atoms with Gasteiger partial charge < -0.3 is 9.47 Å². The van der Waals surface area contributed by atoms with Crippen LogP contribution in [0.5, 0.6) is 5.75 Å². The first kappa shape index (κ1) is 16.4. The molecule has 0 aromatic heterocycles. The van der Waals surface area contributed by atoms with Crippen LogP contribution in [0.3, 0.4) is 0 Å². The Balaban J connectivity index is 2.20. The highest BCUT2D eigenvalue weighted by Gasteiger charge is 2.26. The molecule has 4 nitrogen and oxygen atoms in total. The standard InChI is InChI=1S/C18H25NO3/c1-4-5-11-22-18(20)19-13-14(2)9-10-17(19)15-7-6-8-16(12-15)21-3/h6-8,10,12,14H,4-5,9,11,13H2,1-3H3. The maximum absolute atomic E-state index is 12.4. The monoisotopic (exact) mass is 303 g/mol. The smallest absolute Gasteiger partial charge is 0.414 e. The molecule has 0 N–H and O–H groups in total. The molecule has 1 atom stereocenters. The van der Waals surface area contributed by atoms with Crippen LogP contribution in [0.2, 0.25) is 0 Å². The Hall–Kier alpha value is -1.97. The van der Waals surface area contributed by atoms with Gasteiger partial charge in [-0.15, -0.1) is 0 Å². The van der Waals surface area contributed by atoms with Gasteiger partial charge in [-0.25, -0.2) is 4.79 Å². The van der Waals surface area contributed by atoms with Crippen LogP contribution in [-0.4, -0.2) is 31.3 Å². The molecule has 0 radical (unpaired) electrons. The van der Waals surface area contributed by atoms with Crippen molar-refractivity contribution in [3.8, 4) is 5.75 Å². The van der Waals surface area contributed by atoms with E-state index in [0.717, 1.165) is 36.3 Å². The molecule has 0 aliphatic carbocycles. The quantitative estimate of drug-likeness (QED) is 0.761. The normalized spacial score (nSPS) is 17.9. The molecule has 1 aromatic rings. The summed E-state index contributed by atoms with van der Waals surface area (Å²) in [5.74, 6) is 1.23. The van der Waals surface area contributed by atoms with Crippen molar-refractivity contribution in [2.45, 2.75) is 33.1 Å². The van der Waals surface area contributed by atoms with Gasteiger partial charge >= 0.3 is 6.09 Å². The molecule has 2 rings (SSSR count). The first-order valence-electron chi connectivity index (χ1n) is 7.94. The van der Waals surface area contributed by atoms with Crippen LogP contribution >= 0.6 is 0 Å². The van der Waals surface area contributed by atoms with Crippen molar-refractivity contribution < 1.29 is 14.3 Å². The van der Waals surface area contributed by atoms with Crippen LogP contribution in [0, 0.1) is 5.92 Å². The van der Waals surface area contributed by atoms with Crippen molar-refractivity contribution in [3.63, 3.8) is 0 Å². The van der Waals surface area contributed by atoms with Gasteiger partial charge in [0.15, 0.2) is 0 Å². The molecule has 22 heavy (non-hydrogen) atoms. The summed E-state index contributed by atoms with van der Waals surface area (Å²) in [5.41, 5.74) is 1.90. The highest BCUT2D eigenvalue weighted by Crippen LogP contribution is 2.30. The molecule has 4 heteroatoms. The van der Waals surface area contributed by atoms with Crippen LogP contribution in [0.4, 0.5) is 4.79 Å². The molecule has 1 aromatic carbocycles. The SMILES string of the molecule is CCCCOC(=O)N1CC(C)CC=C1c1cccc(OC)c1.